The fourth-order valence-electron chi connectivity index (χ4n) is 2.70. The molecule has 32 heavy (non-hydrogen) atoms. The number of aromatic hydroxyl groups is 1. The SMILES string of the molecule is Cc1ccc(NC(=O)COc2ccc(/C=C(\C#N)C(=O)Nc3ccc(O)cc3)cc2)cc1. The number of nitrogens with zero attached hydrogens (tertiary/aromatic N) is 1. The number of nitrogens with one attached hydrogen (secondary N) is 2. The summed E-state index contributed by atoms with van der Waals surface area (Å²) in [7, 11) is 0. The summed E-state index contributed by atoms with van der Waals surface area (Å²) in [5.74, 6) is -0.288. The molecule has 0 radical (unpaired) electrons. The predicted octanol–water partition coefficient (Wildman–Crippen LogP) is 4.26. The lowest BCUT2D eigenvalue weighted by Gasteiger charge is -2.08. The summed E-state index contributed by atoms with van der Waals surface area (Å²) in [5, 5.41) is 24.0. The molecule has 2 amide bonds. The smallest absolute Gasteiger partial charge is 0.266 e. The van der Waals surface area contributed by atoms with Crippen molar-refractivity contribution in [2.24, 2.45) is 0 Å². The average Bonchev–Trinajstić information content (AvgIpc) is 2.80. The van der Waals surface area contributed by atoms with E-state index in [1.165, 1.54) is 30.3 Å². The van der Waals surface area contributed by atoms with Crippen LogP contribution in [0.5, 0.6) is 11.5 Å². The van der Waals surface area contributed by atoms with Gasteiger partial charge >= 0.3 is 0 Å². The minimum atomic E-state index is -0.564. The van der Waals surface area contributed by atoms with Crippen LogP contribution in [-0.2, 0) is 9.59 Å². The molecule has 0 saturated carbocycles. The number of hydrogen-bond donors (Lipinski definition) is 3. The van der Waals surface area contributed by atoms with E-state index in [-0.39, 0.29) is 23.8 Å². The Morgan fingerprint density at radius 1 is 0.938 bits per heavy atom. The van der Waals surface area contributed by atoms with Crippen molar-refractivity contribution in [2.75, 3.05) is 17.2 Å². The summed E-state index contributed by atoms with van der Waals surface area (Å²) >= 11 is 0. The van der Waals surface area contributed by atoms with Gasteiger partial charge in [-0.25, -0.2) is 0 Å². The van der Waals surface area contributed by atoms with Crippen LogP contribution in [0.3, 0.4) is 0 Å². The molecule has 0 spiro atoms. The number of aryl methyl sites for hydroxylation is 1. The number of rotatable bonds is 7. The van der Waals surface area contributed by atoms with E-state index in [0.29, 0.717) is 22.7 Å². The normalized spacial score (nSPS) is 10.7. The van der Waals surface area contributed by atoms with Gasteiger partial charge in [0.2, 0.25) is 0 Å². The third-order valence-electron chi connectivity index (χ3n) is 4.39. The highest BCUT2D eigenvalue weighted by Crippen LogP contribution is 2.17. The predicted molar refractivity (Wildman–Crippen MR) is 122 cm³/mol. The van der Waals surface area contributed by atoms with Crippen LogP contribution in [0.4, 0.5) is 11.4 Å². The molecule has 0 atom stereocenters. The summed E-state index contributed by atoms with van der Waals surface area (Å²) in [6.07, 6.45) is 1.45. The molecule has 0 aliphatic rings. The number of anilines is 2. The molecule has 3 aromatic carbocycles. The molecule has 0 heterocycles. The molecule has 3 rings (SSSR count). The molecular weight excluding hydrogens is 406 g/mol. The summed E-state index contributed by atoms with van der Waals surface area (Å²) in [5.41, 5.74) is 2.80. The molecule has 0 saturated heterocycles. The van der Waals surface area contributed by atoms with E-state index < -0.39 is 5.91 Å². The largest absolute Gasteiger partial charge is 0.508 e. The van der Waals surface area contributed by atoms with E-state index in [4.69, 9.17) is 4.74 Å². The monoisotopic (exact) mass is 427 g/mol. The van der Waals surface area contributed by atoms with Crippen LogP contribution in [0.2, 0.25) is 0 Å². The Morgan fingerprint density at radius 3 is 2.16 bits per heavy atom. The van der Waals surface area contributed by atoms with Gasteiger partial charge in [0.15, 0.2) is 6.61 Å². The van der Waals surface area contributed by atoms with Gasteiger partial charge < -0.3 is 20.5 Å². The molecule has 0 aromatic heterocycles. The number of carbonyl (C=O) groups excluding carboxylic acids is 2. The third kappa shape index (κ3) is 6.47. The van der Waals surface area contributed by atoms with Gasteiger partial charge in [0, 0.05) is 11.4 Å². The maximum atomic E-state index is 12.3. The first-order chi connectivity index (χ1) is 15.4. The number of phenolic OH excluding ortho intramolecular Hbond substituents is 1. The van der Waals surface area contributed by atoms with Crippen LogP contribution in [0.25, 0.3) is 6.08 Å². The van der Waals surface area contributed by atoms with Crippen molar-refractivity contribution in [1.82, 2.24) is 0 Å². The van der Waals surface area contributed by atoms with E-state index in [1.54, 1.807) is 24.3 Å². The van der Waals surface area contributed by atoms with E-state index in [0.717, 1.165) is 5.56 Å². The number of ether oxygens (including phenoxy) is 1. The van der Waals surface area contributed by atoms with Gasteiger partial charge in [-0.3, -0.25) is 9.59 Å². The lowest BCUT2D eigenvalue weighted by molar-refractivity contribution is -0.118. The minimum Gasteiger partial charge on any atom is -0.508 e. The van der Waals surface area contributed by atoms with Crippen molar-refractivity contribution in [3.05, 3.63) is 89.5 Å². The standard InChI is InChI=1S/C25H21N3O4/c1-17-2-6-20(7-3-17)27-24(30)16-32-23-12-4-18(5-13-23)14-19(15-26)25(31)28-21-8-10-22(29)11-9-21/h2-14,29H,16H2,1H3,(H,27,30)(H,28,31)/b19-14+. The third-order valence-corrected chi connectivity index (χ3v) is 4.39. The summed E-state index contributed by atoms with van der Waals surface area (Å²) < 4.78 is 5.49. The van der Waals surface area contributed by atoms with E-state index in [2.05, 4.69) is 10.6 Å². The van der Waals surface area contributed by atoms with Crippen molar-refractivity contribution < 1.29 is 19.4 Å². The topological polar surface area (TPSA) is 111 Å². The molecular formula is C25H21N3O4. The molecule has 0 aliphatic carbocycles. The van der Waals surface area contributed by atoms with Crippen molar-refractivity contribution in [2.45, 2.75) is 6.92 Å². The second kappa shape index (κ2) is 10.5. The summed E-state index contributed by atoms with van der Waals surface area (Å²) in [6, 6.07) is 21.9. The Labute approximate surface area is 185 Å². The van der Waals surface area contributed by atoms with Crippen LogP contribution in [0.15, 0.2) is 78.4 Å². The van der Waals surface area contributed by atoms with Crippen LogP contribution in [0, 0.1) is 18.3 Å². The minimum absolute atomic E-state index is 0.0778. The summed E-state index contributed by atoms with van der Waals surface area (Å²) in [6.45, 7) is 1.82. The van der Waals surface area contributed by atoms with Crippen molar-refractivity contribution in [3.63, 3.8) is 0 Å². The highest BCUT2D eigenvalue weighted by Gasteiger charge is 2.10. The van der Waals surface area contributed by atoms with Gasteiger partial charge in [-0.05, 0) is 67.1 Å². The van der Waals surface area contributed by atoms with Crippen molar-refractivity contribution in [3.8, 4) is 17.6 Å². The lowest BCUT2D eigenvalue weighted by Crippen LogP contribution is -2.20. The van der Waals surface area contributed by atoms with Crippen LogP contribution in [0.1, 0.15) is 11.1 Å². The molecule has 7 heteroatoms. The first kappa shape index (κ1) is 22.1. The fraction of sp³-hybridized carbons (Fsp3) is 0.0800. The van der Waals surface area contributed by atoms with Crippen LogP contribution < -0.4 is 15.4 Å². The Morgan fingerprint density at radius 2 is 1.53 bits per heavy atom. The second-order valence-corrected chi connectivity index (χ2v) is 6.94. The second-order valence-electron chi connectivity index (χ2n) is 6.94. The summed E-state index contributed by atoms with van der Waals surface area (Å²) in [4.78, 5) is 24.3. The zero-order chi connectivity index (χ0) is 22.9. The van der Waals surface area contributed by atoms with Gasteiger partial charge in [0.25, 0.3) is 11.8 Å². The highest BCUT2D eigenvalue weighted by molar-refractivity contribution is 6.09. The van der Waals surface area contributed by atoms with E-state index in [1.807, 2.05) is 37.3 Å². The number of amides is 2. The van der Waals surface area contributed by atoms with E-state index in [9.17, 15) is 20.0 Å². The first-order valence-corrected chi connectivity index (χ1v) is 9.74. The Kier molecular flexibility index (Phi) is 7.23. The zero-order valence-electron chi connectivity index (χ0n) is 17.3. The maximum Gasteiger partial charge on any atom is 0.266 e. The highest BCUT2D eigenvalue weighted by atomic mass is 16.5. The molecule has 0 aliphatic heterocycles. The number of hydrogen-bond acceptors (Lipinski definition) is 5. The van der Waals surface area contributed by atoms with Crippen LogP contribution >= 0.6 is 0 Å². The number of benzene rings is 3. The van der Waals surface area contributed by atoms with Crippen molar-refractivity contribution >= 4 is 29.3 Å². The van der Waals surface area contributed by atoms with Gasteiger partial charge in [-0.1, -0.05) is 29.8 Å². The first-order valence-electron chi connectivity index (χ1n) is 9.74. The Hall–Kier alpha value is -4.57. The number of nitriles is 1. The molecule has 3 N–H and O–H groups in total. The van der Waals surface area contributed by atoms with Crippen molar-refractivity contribution in [1.29, 1.82) is 5.26 Å². The van der Waals surface area contributed by atoms with E-state index >= 15 is 0 Å². The molecule has 0 bridgehead atoms. The average molecular weight is 427 g/mol. The number of phenols is 1. The maximum absolute atomic E-state index is 12.3. The number of carbonyl (C=O) groups is 2. The Balaban J connectivity index is 1.56. The fourth-order valence-corrected chi connectivity index (χ4v) is 2.70. The quantitative estimate of drug-likeness (QED) is 0.296. The van der Waals surface area contributed by atoms with Gasteiger partial charge in [-0.15, -0.1) is 0 Å². The van der Waals surface area contributed by atoms with Crippen LogP contribution in [-0.4, -0.2) is 23.5 Å². The lowest BCUT2D eigenvalue weighted by atomic mass is 10.1. The molecule has 160 valence electrons. The van der Waals surface area contributed by atoms with Gasteiger partial charge in [0.1, 0.15) is 23.1 Å². The van der Waals surface area contributed by atoms with Gasteiger partial charge in [0.05, 0.1) is 0 Å². The van der Waals surface area contributed by atoms with Gasteiger partial charge in [-0.2, -0.15) is 5.26 Å². The molecule has 0 fully saturated rings. The zero-order valence-corrected chi connectivity index (χ0v) is 17.3. The Bertz CT molecular complexity index is 1160. The molecule has 3 aromatic rings. The molecule has 7 nitrogen and oxygen atoms in total. The molecule has 0 unspecified atom stereocenters.